The molecular weight excluding hydrogens is 360 g/mol. The zero-order valence-corrected chi connectivity index (χ0v) is 16.5. The zero-order chi connectivity index (χ0) is 19.0. The molecule has 2 aliphatic heterocycles. The fraction of sp³-hybridized carbons (Fsp3) is 0.500. The monoisotopic (exact) mass is 384 g/mol. The fourth-order valence-corrected chi connectivity index (χ4v) is 5.33. The Morgan fingerprint density at radius 2 is 2.26 bits per heavy atom. The number of pyridine rings is 1. The third-order valence-electron chi connectivity index (χ3n) is 5.67. The van der Waals surface area contributed by atoms with Crippen LogP contribution in [0.1, 0.15) is 54.4 Å². The van der Waals surface area contributed by atoms with Crippen molar-refractivity contribution in [2.75, 3.05) is 6.54 Å². The Bertz CT molecular complexity index is 866. The van der Waals surface area contributed by atoms with Gasteiger partial charge < -0.3 is 10.2 Å². The molecule has 0 unspecified atom stereocenters. The number of carbonyl (C=O) groups is 2. The van der Waals surface area contributed by atoms with Gasteiger partial charge in [-0.15, -0.1) is 11.3 Å². The van der Waals surface area contributed by atoms with Gasteiger partial charge >= 0.3 is 0 Å². The Kier molecular flexibility index (Phi) is 4.72. The molecule has 1 N–H and O–H groups in total. The van der Waals surface area contributed by atoms with Gasteiger partial charge in [-0.1, -0.05) is 0 Å². The molecule has 2 atom stereocenters. The summed E-state index contributed by atoms with van der Waals surface area (Å²) in [6.45, 7) is 4.71. The van der Waals surface area contributed by atoms with Gasteiger partial charge in [0.05, 0.1) is 17.3 Å². The van der Waals surface area contributed by atoms with Crippen molar-refractivity contribution in [2.24, 2.45) is 0 Å². The minimum atomic E-state index is -0.341. The Morgan fingerprint density at radius 3 is 3.04 bits per heavy atom. The van der Waals surface area contributed by atoms with E-state index >= 15 is 0 Å². The number of likely N-dealkylation sites (tertiary alicyclic amines) is 1. The molecule has 0 aliphatic carbocycles. The maximum absolute atomic E-state index is 13.4. The second kappa shape index (κ2) is 7.03. The molecular formula is C20H24N4O2S. The van der Waals surface area contributed by atoms with Crippen molar-refractivity contribution in [3.05, 3.63) is 35.1 Å². The summed E-state index contributed by atoms with van der Waals surface area (Å²) in [5, 5.41) is 4.00. The summed E-state index contributed by atoms with van der Waals surface area (Å²) in [7, 11) is 0. The smallest absolute Gasteiger partial charge is 0.266 e. The summed E-state index contributed by atoms with van der Waals surface area (Å²) < 4.78 is 0. The van der Waals surface area contributed by atoms with Gasteiger partial charge in [-0.2, -0.15) is 0 Å². The number of rotatable bonds is 2. The molecule has 2 saturated heterocycles. The van der Waals surface area contributed by atoms with Gasteiger partial charge in [-0.3, -0.25) is 14.6 Å². The lowest BCUT2D eigenvalue weighted by molar-refractivity contribution is -0.123. The molecule has 0 saturated carbocycles. The SMILES string of the molecule is Cc1nc(-c2cccnc2)sc1C(=O)N1CCC[C@]2(C)NC(=O)CCC[C@H]12. The minimum Gasteiger partial charge on any atom is -0.349 e. The maximum Gasteiger partial charge on any atom is 0.266 e. The molecule has 6 nitrogen and oxygen atoms in total. The summed E-state index contributed by atoms with van der Waals surface area (Å²) in [6, 6.07) is 3.87. The molecule has 2 fully saturated rings. The molecule has 0 bridgehead atoms. The Morgan fingerprint density at radius 1 is 1.41 bits per heavy atom. The highest BCUT2D eigenvalue weighted by atomic mass is 32.1. The van der Waals surface area contributed by atoms with Crippen molar-refractivity contribution in [3.63, 3.8) is 0 Å². The molecule has 0 aromatic carbocycles. The largest absolute Gasteiger partial charge is 0.349 e. The number of carbonyl (C=O) groups excluding carboxylic acids is 2. The highest BCUT2D eigenvalue weighted by Crippen LogP contribution is 2.36. The summed E-state index contributed by atoms with van der Waals surface area (Å²) in [5.41, 5.74) is 1.34. The number of amides is 2. The number of fused-ring (bicyclic) bond motifs is 1. The van der Waals surface area contributed by atoms with Crippen molar-refractivity contribution in [1.82, 2.24) is 20.2 Å². The number of aromatic nitrogens is 2. The second-order valence-corrected chi connectivity index (χ2v) is 8.65. The molecule has 27 heavy (non-hydrogen) atoms. The number of nitrogens with zero attached hydrogens (tertiary/aromatic N) is 3. The van der Waals surface area contributed by atoms with Crippen molar-refractivity contribution in [3.8, 4) is 10.6 Å². The third-order valence-corrected chi connectivity index (χ3v) is 6.87. The highest BCUT2D eigenvalue weighted by molar-refractivity contribution is 7.17. The first-order valence-electron chi connectivity index (χ1n) is 9.48. The lowest BCUT2D eigenvalue weighted by Crippen LogP contribution is -2.63. The fourth-order valence-electron chi connectivity index (χ4n) is 4.32. The number of thiazole rings is 1. The highest BCUT2D eigenvalue weighted by Gasteiger charge is 2.45. The van der Waals surface area contributed by atoms with E-state index in [0.717, 1.165) is 48.5 Å². The van der Waals surface area contributed by atoms with E-state index < -0.39 is 0 Å². The van der Waals surface area contributed by atoms with E-state index in [1.54, 1.807) is 12.4 Å². The predicted molar refractivity (Wildman–Crippen MR) is 105 cm³/mol. The lowest BCUT2D eigenvalue weighted by Gasteiger charge is -2.47. The van der Waals surface area contributed by atoms with Gasteiger partial charge in [0.1, 0.15) is 9.88 Å². The quantitative estimate of drug-likeness (QED) is 0.863. The summed E-state index contributed by atoms with van der Waals surface area (Å²) in [6.07, 6.45) is 7.52. The Hall–Kier alpha value is -2.28. The van der Waals surface area contributed by atoms with Crippen LogP contribution in [0.5, 0.6) is 0 Å². The van der Waals surface area contributed by atoms with Gasteiger partial charge in [0.15, 0.2) is 0 Å². The average Bonchev–Trinajstić information content (AvgIpc) is 2.96. The Labute approximate surface area is 163 Å². The van der Waals surface area contributed by atoms with Crippen LogP contribution in [0.15, 0.2) is 24.5 Å². The first-order valence-corrected chi connectivity index (χ1v) is 10.3. The van der Waals surface area contributed by atoms with Crippen molar-refractivity contribution < 1.29 is 9.59 Å². The van der Waals surface area contributed by atoms with Crippen LogP contribution in [-0.4, -0.2) is 44.8 Å². The van der Waals surface area contributed by atoms with Gasteiger partial charge in [0, 0.05) is 30.9 Å². The number of hydrogen-bond acceptors (Lipinski definition) is 5. The topological polar surface area (TPSA) is 75.2 Å². The lowest BCUT2D eigenvalue weighted by atomic mass is 9.81. The van der Waals surface area contributed by atoms with Crippen LogP contribution in [-0.2, 0) is 4.79 Å². The maximum atomic E-state index is 13.4. The van der Waals surface area contributed by atoms with Crippen molar-refractivity contribution in [2.45, 2.75) is 57.5 Å². The molecule has 2 amide bonds. The standard InChI is InChI=1S/C20H24N4O2S/c1-13-17(27-18(22-13)14-6-4-10-21-12-14)19(26)24-11-5-9-20(2)15(24)7-3-8-16(25)23-20/h4,6,10,12,15H,3,5,7-9,11H2,1-2H3,(H,23,25)/t15-,20-/m0/s1. The Balaban J connectivity index is 1.64. The molecule has 2 aromatic rings. The van der Waals surface area contributed by atoms with Crippen molar-refractivity contribution in [1.29, 1.82) is 0 Å². The van der Waals surface area contributed by atoms with Crippen LogP contribution >= 0.6 is 11.3 Å². The molecule has 4 heterocycles. The number of nitrogens with one attached hydrogen (secondary N) is 1. The molecule has 4 rings (SSSR count). The van der Waals surface area contributed by atoms with Gasteiger partial charge in [0.25, 0.3) is 5.91 Å². The molecule has 2 aromatic heterocycles. The van der Waals surface area contributed by atoms with E-state index in [1.807, 2.05) is 24.0 Å². The molecule has 0 spiro atoms. The second-order valence-electron chi connectivity index (χ2n) is 7.65. The first-order chi connectivity index (χ1) is 13.0. The normalized spacial score (nSPS) is 25.5. The average molecular weight is 385 g/mol. The van der Waals surface area contributed by atoms with Gasteiger partial charge in [0.2, 0.25) is 5.91 Å². The van der Waals surface area contributed by atoms with Crippen LogP contribution in [0.25, 0.3) is 10.6 Å². The number of aryl methyl sites for hydroxylation is 1. The summed E-state index contributed by atoms with van der Waals surface area (Å²) in [5.74, 6) is 0.134. The number of piperidine rings is 1. The van der Waals surface area contributed by atoms with E-state index in [1.165, 1.54) is 11.3 Å². The molecule has 0 radical (unpaired) electrons. The van der Waals surface area contributed by atoms with Crippen LogP contribution in [0.4, 0.5) is 0 Å². The zero-order valence-electron chi connectivity index (χ0n) is 15.7. The third kappa shape index (κ3) is 3.36. The van der Waals surface area contributed by atoms with Crippen LogP contribution in [0, 0.1) is 6.92 Å². The summed E-state index contributed by atoms with van der Waals surface area (Å²) >= 11 is 1.43. The van der Waals surface area contributed by atoms with Gasteiger partial charge in [-0.05, 0) is 51.7 Å². The number of hydrogen-bond donors (Lipinski definition) is 1. The van der Waals surface area contributed by atoms with E-state index in [2.05, 4.69) is 22.2 Å². The predicted octanol–water partition coefficient (Wildman–Crippen LogP) is 3.18. The van der Waals surface area contributed by atoms with E-state index in [4.69, 9.17) is 0 Å². The first kappa shape index (κ1) is 18.1. The van der Waals surface area contributed by atoms with E-state index in [9.17, 15) is 9.59 Å². The van der Waals surface area contributed by atoms with Crippen LogP contribution < -0.4 is 5.32 Å². The molecule has 7 heteroatoms. The van der Waals surface area contributed by atoms with E-state index in [0.29, 0.717) is 11.3 Å². The molecule has 2 aliphatic rings. The van der Waals surface area contributed by atoms with Crippen LogP contribution in [0.2, 0.25) is 0 Å². The van der Waals surface area contributed by atoms with Crippen molar-refractivity contribution >= 4 is 23.2 Å². The van der Waals surface area contributed by atoms with E-state index in [-0.39, 0.29) is 23.4 Å². The minimum absolute atomic E-state index is 0.0345. The van der Waals surface area contributed by atoms with Crippen LogP contribution in [0.3, 0.4) is 0 Å². The molecule has 142 valence electrons. The summed E-state index contributed by atoms with van der Waals surface area (Å²) in [4.78, 5) is 36.9. The van der Waals surface area contributed by atoms with Gasteiger partial charge in [-0.25, -0.2) is 4.98 Å².